The average molecular weight is 276 g/mol. The van der Waals surface area contributed by atoms with E-state index >= 15 is 0 Å². The van der Waals surface area contributed by atoms with Crippen LogP contribution in [0.25, 0.3) is 0 Å². The van der Waals surface area contributed by atoms with E-state index in [0.717, 1.165) is 23.4 Å². The van der Waals surface area contributed by atoms with E-state index < -0.39 is 0 Å². The van der Waals surface area contributed by atoms with Crippen LogP contribution in [-0.4, -0.2) is 25.1 Å². The standard InChI is InChI=1S/C13H19ClFNS/c1-10(4-5-17-3)16(2)13-7-11(9-14)6-12(15)8-13/h6-8,10H,4-5,9H2,1-3H3. The van der Waals surface area contributed by atoms with Crippen LogP contribution < -0.4 is 4.90 Å². The van der Waals surface area contributed by atoms with Gasteiger partial charge in [-0.15, -0.1) is 11.6 Å². The maximum Gasteiger partial charge on any atom is 0.125 e. The van der Waals surface area contributed by atoms with Crippen molar-refractivity contribution in [2.75, 3.05) is 24.0 Å². The summed E-state index contributed by atoms with van der Waals surface area (Å²) in [6.07, 6.45) is 3.19. The number of nitrogens with zero attached hydrogens (tertiary/aromatic N) is 1. The number of benzene rings is 1. The molecule has 17 heavy (non-hydrogen) atoms. The molecule has 96 valence electrons. The first-order valence-electron chi connectivity index (χ1n) is 5.65. The van der Waals surface area contributed by atoms with Crippen molar-refractivity contribution in [3.8, 4) is 0 Å². The van der Waals surface area contributed by atoms with E-state index in [1.165, 1.54) is 6.07 Å². The van der Waals surface area contributed by atoms with Crippen molar-refractivity contribution < 1.29 is 4.39 Å². The second-order valence-corrected chi connectivity index (χ2v) is 5.45. The minimum Gasteiger partial charge on any atom is -0.372 e. The molecule has 0 saturated carbocycles. The molecule has 1 atom stereocenters. The molecule has 1 rings (SSSR count). The summed E-state index contributed by atoms with van der Waals surface area (Å²) in [6, 6.07) is 5.39. The van der Waals surface area contributed by atoms with Crippen molar-refractivity contribution in [1.82, 2.24) is 0 Å². The van der Waals surface area contributed by atoms with Gasteiger partial charge in [0.25, 0.3) is 0 Å². The van der Waals surface area contributed by atoms with Gasteiger partial charge in [0, 0.05) is 24.7 Å². The first kappa shape index (κ1) is 14.7. The predicted octanol–water partition coefficient (Wildman–Crippen LogP) is 4.14. The Morgan fingerprint density at radius 1 is 1.41 bits per heavy atom. The fraction of sp³-hybridized carbons (Fsp3) is 0.538. The van der Waals surface area contributed by atoms with Gasteiger partial charge in [-0.2, -0.15) is 11.8 Å². The Morgan fingerprint density at radius 3 is 2.71 bits per heavy atom. The monoisotopic (exact) mass is 275 g/mol. The summed E-state index contributed by atoms with van der Waals surface area (Å²) in [5.74, 6) is 1.24. The molecule has 1 aromatic rings. The summed E-state index contributed by atoms with van der Waals surface area (Å²) in [5, 5.41) is 0. The molecular weight excluding hydrogens is 257 g/mol. The fourth-order valence-electron chi connectivity index (χ4n) is 1.65. The van der Waals surface area contributed by atoms with Crippen molar-refractivity contribution in [3.05, 3.63) is 29.6 Å². The maximum atomic E-state index is 13.4. The minimum atomic E-state index is -0.220. The van der Waals surface area contributed by atoms with Crippen molar-refractivity contribution >= 4 is 29.1 Å². The van der Waals surface area contributed by atoms with Crippen LogP contribution in [0.5, 0.6) is 0 Å². The largest absolute Gasteiger partial charge is 0.372 e. The summed E-state index contributed by atoms with van der Waals surface area (Å²) in [6.45, 7) is 2.15. The number of anilines is 1. The van der Waals surface area contributed by atoms with E-state index in [1.807, 2.05) is 24.9 Å². The molecule has 4 heteroatoms. The number of hydrogen-bond donors (Lipinski definition) is 0. The van der Waals surface area contributed by atoms with E-state index in [9.17, 15) is 4.39 Å². The molecule has 0 aliphatic heterocycles. The SMILES string of the molecule is CSCCC(C)N(C)c1cc(F)cc(CCl)c1. The molecule has 0 radical (unpaired) electrons. The molecule has 1 unspecified atom stereocenters. The zero-order valence-corrected chi connectivity index (χ0v) is 12.1. The summed E-state index contributed by atoms with van der Waals surface area (Å²) >= 11 is 7.58. The molecule has 0 bridgehead atoms. The third-order valence-corrected chi connectivity index (χ3v) is 3.86. The Hall–Kier alpha value is -0.410. The van der Waals surface area contributed by atoms with Crippen LogP contribution in [0, 0.1) is 5.82 Å². The van der Waals surface area contributed by atoms with Crippen molar-refractivity contribution in [2.45, 2.75) is 25.3 Å². The molecule has 0 heterocycles. The van der Waals surface area contributed by atoms with Gasteiger partial charge in [-0.05, 0) is 49.1 Å². The molecule has 1 aromatic carbocycles. The van der Waals surface area contributed by atoms with Gasteiger partial charge in [0.15, 0.2) is 0 Å². The number of rotatable bonds is 6. The molecule has 0 fully saturated rings. The molecule has 0 aliphatic rings. The predicted molar refractivity (Wildman–Crippen MR) is 76.8 cm³/mol. The van der Waals surface area contributed by atoms with Gasteiger partial charge in [-0.1, -0.05) is 0 Å². The number of thioether (sulfide) groups is 1. The van der Waals surface area contributed by atoms with E-state index in [0.29, 0.717) is 11.9 Å². The lowest BCUT2D eigenvalue weighted by atomic mass is 10.1. The van der Waals surface area contributed by atoms with Crippen LogP contribution in [0.4, 0.5) is 10.1 Å². The first-order valence-corrected chi connectivity index (χ1v) is 7.58. The number of alkyl halides is 1. The third kappa shape index (κ3) is 4.40. The maximum absolute atomic E-state index is 13.4. The lowest BCUT2D eigenvalue weighted by Gasteiger charge is -2.27. The highest BCUT2D eigenvalue weighted by Crippen LogP contribution is 2.21. The molecule has 0 spiro atoms. The van der Waals surface area contributed by atoms with Gasteiger partial charge >= 0.3 is 0 Å². The van der Waals surface area contributed by atoms with Gasteiger partial charge in [0.1, 0.15) is 5.82 Å². The van der Waals surface area contributed by atoms with Crippen LogP contribution in [-0.2, 0) is 5.88 Å². The number of hydrogen-bond acceptors (Lipinski definition) is 2. The summed E-state index contributed by atoms with van der Waals surface area (Å²) in [5.41, 5.74) is 1.72. The van der Waals surface area contributed by atoms with E-state index in [1.54, 1.807) is 6.07 Å². The van der Waals surface area contributed by atoms with E-state index in [2.05, 4.69) is 18.1 Å². The molecule has 0 aromatic heterocycles. The Labute approximate surface area is 112 Å². The molecule has 1 nitrogen and oxygen atoms in total. The van der Waals surface area contributed by atoms with Crippen molar-refractivity contribution in [3.63, 3.8) is 0 Å². The van der Waals surface area contributed by atoms with Gasteiger partial charge < -0.3 is 4.90 Å². The average Bonchev–Trinajstić information content (AvgIpc) is 2.34. The number of halogens is 2. The Bertz CT molecular complexity index is 359. The molecule has 0 N–H and O–H groups in total. The lowest BCUT2D eigenvalue weighted by Crippen LogP contribution is -2.29. The lowest BCUT2D eigenvalue weighted by molar-refractivity contribution is 0.621. The van der Waals surface area contributed by atoms with Crippen LogP contribution in [0.2, 0.25) is 0 Å². The summed E-state index contributed by atoms with van der Waals surface area (Å²) in [4.78, 5) is 2.11. The molecular formula is C13H19ClFNS. The van der Waals surface area contributed by atoms with Crippen LogP contribution >= 0.6 is 23.4 Å². The van der Waals surface area contributed by atoms with Crippen LogP contribution in [0.3, 0.4) is 0 Å². The highest BCUT2D eigenvalue weighted by atomic mass is 35.5. The van der Waals surface area contributed by atoms with E-state index in [4.69, 9.17) is 11.6 Å². The van der Waals surface area contributed by atoms with Crippen LogP contribution in [0.1, 0.15) is 18.9 Å². The molecule has 0 amide bonds. The smallest absolute Gasteiger partial charge is 0.125 e. The Morgan fingerprint density at radius 2 is 2.12 bits per heavy atom. The normalized spacial score (nSPS) is 12.5. The first-order chi connectivity index (χ1) is 8.08. The van der Waals surface area contributed by atoms with E-state index in [-0.39, 0.29) is 5.82 Å². The quantitative estimate of drug-likeness (QED) is 0.718. The van der Waals surface area contributed by atoms with Gasteiger partial charge in [0.05, 0.1) is 0 Å². The topological polar surface area (TPSA) is 3.24 Å². The van der Waals surface area contributed by atoms with Gasteiger partial charge in [0.2, 0.25) is 0 Å². The third-order valence-electron chi connectivity index (χ3n) is 2.90. The van der Waals surface area contributed by atoms with Crippen molar-refractivity contribution in [2.24, 2.45) is 0 Å². The van der Waals surface area contributed by atoms with Gasteiger partial charge in [-0.3, -0.25) is 0 Å². The zero-order chi connectivity index (χ0) is 12.8. The molecule has 0 saturated heterocycles. The zero-order valence-electron chi connectivity index (χ0n) is 10.5. The van der Waals surface area contributed by atoms with Crippen molar-refractivity contribution in [1.29, 1.82) is 0 Å². The highest BCUT2D eigenvalue weighted by Gasteiger charge is 2.11. The minimum absolute atomic E-state index is 0.220. The van der Waals surface area contributed by atoms with Crippen LogP contribution in [0.15, 0.2) is 18.2 Å². The Kier molecular flexibility index (Phi) is 6.14. The second kappa shape index (κ2) is 7.12. The van der Waals surface area contributed by atoms with Gasteiger partial charge in [-0.25, -0.2) is 4.39 Å². The summed E-state index contributed by atoms with van der Waals surface area (Å²) in [7, 11) is 2.00. The molecule has 0 aliphatic carbocycles. The summed E-state index contributed by atoms with van der Waals surface area (Å²) < 4.78 is 13.4. The second-order valence-electron chi connectivity index (χ2n) is 4.19. The Balaban J connectivity index is 2.80. The fourth-order valence-corrected chi connectivity index (χ4v) is 2.38. The highest BCUT2D eigenvalue weighted by molar-refractivity contribution is 7.98.